The summed E-state index contributed by atoms with van der Waals surface area (Å²) in [6, 6.07) is 5.70. The van der Waals surface area contributed by atoms with Gasteiger partial charge in [-0.25, -0.2) is 13.1 Å². The Kier molecular flexibility index (Phi) is 5.79. The number of rotatable bonds is 9. The molecule has 0 aliphatic heterocycles. The third-order valence-corrected chi connectivity index (χ3v) is 5.50. The molecule has 0 saturated heterocycles. The Labute approximate surface area is 128 Å². The van der Waals surface area contributed by atoms with Crippen LogP contribution in [0, 0.1) is 5.92 Å². The monoisotopic (exact) mass is 310 g/mol. The molecule has 0 unspecified atom stereocenters. The van der Waals surface area contributed by atoms with Crippen LogP contribution in [0.15, 0.2) is 23.1 Å². The van der Waals surface area contributed by atoms with Gasteiger partial charge in [-0.15, -0.1) is 0 Å². The smallest absolute Gasteiger partial charge is 0.240 e. The number of sulfonamides is 1. The van der Waals surface area contributed by atoms with Gasteiger partial charge in [0.2, 0.25) is 10.0 Å². The zero-order valence-corrected chi connectivity index (χ0v) is 13.8. The highest BCUT2D eigenvalue weighted by Gasteiger charge is 2.21. The molecule has 0 amide bonds. The summed E-state index contributed by atoms with van der Waals surface area (Å²) in [5.74, 6) is 0.847. The lowest BCUT2D eigenvalue weighted by Crippen LogP contribution is -2.26. The molecule has 0 aromatic heterocycles. The van der Waals surface area contributed by atoms with Gasteiger partial charge in [0.1, 0.15) is 0 Å². The summed E-state index contributed by atoms with van der Waals surface area (Å²) in [6.07, 6.45) is 5.43. The average Bonchev–Trinajstić information content (AvgIpc) is 3.28. The third-order valence-electron chi connectivity index (χ3n) is 3.96. The molecular formula is C16H26N2O2S. The Morgan fingerprint density at radius 1 is 1.29 bits per heavy atom. The fraction of sp³-hybridized carbons (Fsp3) is 0.625. The van der Waals surface area contributed by atoms with Crippen molar-refractivity contribution in [1.29, 1.82) is 0 Å². The van der Waals surface area contributed by atoms with Gasteiger partial charge in [0, 0.05) is 13.1 Å². The second kappa shape index (κ2) is 7.38. The van der Waals surface area contributed by atoms with Crippen LogP contribution in [0.5, 0.6) is 0 Å². The molecule has 0 radical (unpaired) electrons. The van der Waals surface area contributed by atoms with Crippen molar-refractivity contribution < 1.29 is 8.42 Å². The molecule has 1 aliphatic rings. The summed E-state index contributed by atoms with van der Waals surface area (Å²) in [7, 11) is -1.54. The molecule has 1 aromatic carbocycles. The molecule has 21 heavy (non-hydrogen) atoms. The standard InChI is InChI=1S/C16H26N2O2S/c1-3-15-9-8-14(12-17-2)11-16(15)21(19,20)18-10-4-5-13-6-7-13/h8-9,11,13,17-18H,3-7,10,12H2,1-2H3. The molecule has 2 N–H and O–H groups in total. The maximum absolute atomic E-state index is 12.5. The van der Waals surface area contributed by atoms with Gasteiger partial charge in [-0.1, -0.05) is 31.9 Å². The van der Waals surface area contributed by atoms with Gasteiger partial charge >= 0.3 is 0 Å². The van der Waals surface area contributed by atoms with Crippen molar-refractivity contribution in [3.05, 3.63) is 29.3 Å². The van der Waals surface area contributed by atoms with Crippen LogP contribution in [0.2, 0.25) is 0 Å². The van der Waals surface area contributed by atoms with E-state index in [4.69, 9.17) is 0 Å². The van der Waals surface area contributed by atoms with E-state index in [2.05, 4.69) is 10.0 Å². The van der Waals surface area contributed by atoms with Crippen molar-refractivity contribution >= 4 is 10.0 Å². The van der Waals surface area contributed by atoms with Crippen molar-refractivity contribution in [2.45, 2.75) is 50.5 Å². The maximum atomic E-state index is 12.5. The lowest BCUT2D eigenvalue weighted by atomic mass is 10.1. The fourth-order valence-electron chi connectivity index (χ4n) is 2.54. The van der Waals surface area contributed by atoms with E-state index in [0.29, 0.717) is 18.0 Å². The zero-order chi connectivity index (χ0) is 15.3. The van der Waals surface area contributed by atoms with Crippen LogP contribution in [0.4, 0.5) is 0 Å². The van der Waals surface area contributed by atoms with Gasteiger partial charge in [0.05, 0.1) is 4.90 Å². The van der Waals surface area contributed by atoms with Crippen molar-refractivity contribution in [2.24, 2.45) is 5.92 Å². The first-order valence-electron chi connectivity index (χ1n) is 7.83. The van der Waals surface area contributed by atoms with Crippen molar-refractivity contribution in [3.63, 3.8) is 0 Å². The van der Waals surface area contributed by atoms with E-state index < -0.39 is 10.0 Å². The first-order valence-corrected chi connectivity index (χ1v) is 9.31. The lowest BCUT2D eigenvalue weighted by Gasteiger charge is -2.12. The highest BCUT2D eigenvalue weighted by Crippen LogP contribution is 2.33. The summed E-state index contributed by atoms with van der Waals surface area (Å²) in [5.41, 5.74) is 1.87. The van der Waals surface area contributed by atoms with Crippen molar-refractivity contribution in [3.8, 4) is 0 Å². The molecule has 1 aromatic rings. The van der Waals surface area contributed by atoms with Gasteiger partial charge in [-0.05, 0) is 49.4 Å². The van der Waals surface area contributed by atoms with E-state index >= 15 is 0 Å². The molecule has 0 atom stereocenters. The Morgan fingerprint density at radius 2 is 2.05 bits per heavy atom. The van der Waals surface area contributed by atoms with Gasteiger partial charge in [0.15, 0.2) is 0 Å². The second-order valence-electron chi connectivity index (χ2n) is 5.81. The van der Waals surface area contributed by atoms with E-state index in [1.54, 1.807) is 6.07 Å². The highest BCUT2D eigenvalue weighted by atomic mass is 32.2. The SMILES string of the molecule is CCc1ccc(CNC)cc1S(=O)(=O)NCCCC1CC1. The minimum Gasteiger partial charge on any atom is -0.316 e. The largest absolute Gasteiger partial charge is 0.316 e. The minimum atomic E-state index is -3.40. The molecule has 118 valence electrons. The highest BCUT2D eigenvalue weighted by molar-refractivity contribution is 7.89. The summed E-state index contributed by atoms with van der Waals surface area (Å²) >= 11 is 0. The number of nitrogens with one attached hydrogen (secondary N) is 2. The van der Waals surface area contributed by atoms with Gasteiger partial charge < -0.3 is 5.32 Å². The van der Waals surface area contributed by atoms with Crippen LogP contribution in [-0.4, -0.2) is 22.0 Å². The second-order valence-corrected chi connectivity index (χ2v) is 7.54. The maximum Gasteiger partial charge on any atom is 0.240 e. The van der Waals surface area contributed by atoms with E-state index in [1.165, 1.54) is 12.8 Å². The molecule has 0 spiro atoms. The fourth-order valence-corrected chi connectivity index (χ4v) is 3.97. The Bertz CT molecular complexity index is 566. The molecule has 1 fully saturated rings. The van der Waals surface area contributed by atoms with Crippen LogP contribution in [0.1, 0.15) is 43.7 Å². The van der Waals surface area contributed by atoms with E-state index in [1.807, 2.05) is 26.1 Å². The predicted molar refractivity (Wildman–Crippen MR) is 85.7 cm³/mol. The molecule has 1 aliphatic carbocycles. The minimum absolute atomic E-state index is 0.434. The topological polar surface area (TPSA) is 58.2 Å². The molecular weight excluding hydrogens is 284 g/mol. The van der Waals surface area contributed by atoms with Gasteiger partial charge in [-0.2, -0.15) is 0 Å². The molecule has 0 heterocycles. The first-order chi connectivity index (χ1) is 10.1. The zero-order valence-electron chi connectivity index (χ0n) is 13.0. The molecule has 2 rings (SSSR count). The van der Waals surface area contributed by atoms with Gasteiger partial charge in [0.25, 0.3) is 0 Å². The molecule has 0 bridgehead atoms. The van der Waals surface area contributed by atoms with Crippen LogP contribution >= 0.6 is 0 Å². The van der Waals surface area contributed by atoms with Crippen LogP contribution in [-0.2, 0) is 23.0 Å². The Balaban J connectivity index is 2.06. The lowest BCUT2D eigenvalue weighted by molar-refractivity contribution is 0.571. The Morgan fingerprint density at radius 3 is 2.67 bits per heavy atom. The summed E-state index contributed by atoms with van der Waals surface area (Å²) in [6.45, 7) is 3.20. The van der Waals surface area contributed by atoms with Crippen LogP contribution < -0.4 is 10.0 Å². The Hall–Kier alpha value is -0.910. The predicted octanol–water partition coefficient (Wildman–Crippen LogP) is 2.44. The van der Waals surface area contributed by atoms with Gasteiger partial charge in [-0.3, -0.25) is 0 Å². The van der Waals surface area contributed by atoms with Crippen molar-refractivity contribution in [2.75, 3.05) is 13.6 Å². The van der Waals surface area contributed by atoms with Crippen molar-refractivity contribution in [1.82, 2.24) is 10.0 Å². The normalized spacial score (nSPS) is 15.3. The third kappa shape index (κ3) is 4.80. The summed E-state index contributed by atoms with van der Waals surface area (Å²) in [4.78, 5) is 0.434. The summed E-state index contributed by atoms with van der Waals surface area (Å²) < 4.78 is 27.7. The van der Waals surface area contributed by atoms with Crippen LogP contribution in [0.3, 0.4) is 0 Å². The van der Waals surface area contributed by atoms with E-state index in [0.717, 1.165) is 36.3 Å². The molecule has 1 saturated carbocycles. The molecule has 5 heteroatoms. The number of aryl methyl sites for hydroxylation is 1. The number of benzene rings is 1. The van der Waals surface area contributed by atoms with Crippen LogP contribution in [0.25, 0.3) is 0 Å². The average molecular weight is 310 g/mol. The number of hydrogen-bond donors (Lipinski definition) is 2. The van der Waals surface area contributed by atoms with E-state index in [9.17, 15) is 8.42 Å². The summed E-state index contributed by atoms with van der Waals surface area (Å²) in [5, 5.41) is 3.06. The first kappa shape index (κ1) is 16.5. The quantitative estimate of drug-likeness (QED) is 0.689. The molecule has 4 nitrogen and oxygen atoms in total. The number of hydrogen-bond acceptors (Lipinski definition) is 3. The van der Waals surface area contributed by atoms with E-state index in [-0.39, 0.29) is 0 Å².